The molecule has 0 aliphatic carbocycles. The van der Waals surface area contributed by atoms with Gasteiger partial charge in [0.15, 0.2) is 6.61 Å². The van der Waals surface area contributed by atoms with Gasteiger partial charge >= 0.3 is 0 Å². The molecule has 0 saturated carbocycles. The second-order valence-corrected chi connectivity index (χ2v) is 7.49. The summed E-state index contributed by atoms with van der Waals surface area (Å²) < 4.78 is 5.71. The zero-order valence-corrected chi connectivity index (χ0v) is 18.4. The fourth-order valence-electron chi connectivity index (χ4n) is 3.26. The molecule has 1 N–H and O–H groups in total. The van der Waals surface area contributed by atoms with Crippen LogP contribution in [-0.4, -0.2) is 42.5 Å². The van der Waals surface area contributed by atoms with Gasteiger partial charge in [0.05, 0.1) is 0 Å². The molecule has 0 aliphatic heterocycles. The number of amides is 2. The van der Waals surface area contributed by atoms with Crippen LogP contribution in [0.2, 0.25) is 0 Å². The largest absolute Gasteiger partial charge is 0.484 e. The quantitative estimate of drug-likeness (QED) is 0.535. The van der Waals surface area contributed by atoms with Crippen molar-refractivity contribution in [1.82, 2.24) is 10.2 Å². The number of unbranched alkanes of at least 4 members (excludes halogenated alkanes) is 1. The molecule has 5 heteroatoms. The highest BCUT2D eigenvalue weighted by Crippen LogP contribution is 2.13. The van der Waals surface area contributed by atoms with Gasteiger partial charge in [-0.1, -0.05) is 68.3 Å². The first-order valence-electron chi connectivity index (χ1n) is 10.9. The first-order chi connectivity index (χ1) is 14.5. The van der Waals surface area contributed by atoms with E-state index < -0.39 is 6.04 Å². The van der Waals surface area contributed by atoms with E-state index in [1.54, 1.807) is 4.90 Å². The number of hydrogen-bond donors (Lipinski definition) is 1. The standard InChI is InChI=1S/C25H34N2O3/c1-4-6-17-26-25(29)23(5-2)27(18-16-21-10-8-7-9-11-21)24(28)19-30-22-14-12-20(3)13-15-22/h7-15,23H,4-6,16-19H2,1-3H3,(H,26,29)/t23-/m1/s1. The van der Waals surface area contributed by atoms with Gasteiger partial charge in [-0.25, -0.2) is 0 Å². The van der Waals surface area contributed by atoms with E-state index in [9.17, 15) is 9.59 Å². The Morgan fingerprint density at radius 2 is 1.73 bits per heavy atom. The van der Waals surface area contributed by atoms with Crippen molar-refractivity contribution in [3.05, 3.63) is 65.7 Å². The summed E-state index contributed by atoms with van der Waals surface area (Å²) >= 11 is 0. The topological polar surface area (TPSA) is 58.6 Å². The average molecular weight is 411 g/mol. The molecule has 0 saturated heterocycles. The van der Waals surface area contributed by atoms with E-state index in [0.29, 0.717) is 31.7 Å². The van der Waals surface area contributed by atoms with Gasteiger partial charge in [-0.05, 0) is 43.9 Å². The van der Waals surface area contributed by atoms with Crippen molar-refractivity contribution in [3.63, 3.8) is 0 Å². The van der Waals surface area contributed by atoms with Crippen molar-refractivity contribution in [2.45, 2.75) is 52.5 Å². The summed E-state index contributed by atoms with van der Waals surface area (Å²) in [5.41, 5.74) is 2.27. The van der Waals surface area contributed by atoms with E-state index in [2.05, 4.69) is 12.2 Å². The summed E-state index contributed by atoms with van der Waals surface area (Å²) in [7, 11) is 0. The Kier molecular flexibility index (Phi) is 9.92. The van der Waals surface area contributed by atoms with Gasteiger partial charge in [0.2, 0.25) is 5.91 Å². The summed E-state index contributed by atoms with van der Waals surface area (Å²) in [6.45, 7) is 7.04. The lowest BCUT2D eigenvalue weighted by atomic mass is 10.1. The van der Waals surface area contributed by atoms with Crippen LogP contribution in [0.1, 0.15) is 44.2 Å². The van der Waals surface area contributed by atoms with Crippen LogP contribution in [0.4, 0.5) is 0 Å². The fourth-order valence-corrected chi connectivity index (χ4v) is 3.26. The Morgan fingerprint density at radius 1 is 1.03 bits per heavy atom. The second kappa shape index (κ2) is 12.7. The van der Waals surface area contributed by atoms with E-state index in [1.165, 1.54) is 0 Å². The van der Waals surface area contributed by atoms with Gasteiger partial charge in [0.1, 0.15) is 11.8 Å². The number of aryl methyl sites for hydroxylation is 1. The normalized spacial score (nSPS) is 11.6. The van der Waals surface area contributed by atoms with Crippen molar-refractivity contribution < 1.29 is 14.3 Å². The fraction of sp³-hybridized carbons (Fsp3) is 0.440. The molecule has 0 bridgehead atoms. The molecule has 0 spiro atoms. The van der Waals surface area contributed by atoms with Crippen LogP contribution in [0.15, 0.2) is 54.6 Å². The molecule has 0 fully saturated rings. The maximum absolute atomic E-state index is 13.1. The third kappa shape index (κ3) is 7.54. The minimum absolute atomic E-state index is 0.0867. The zero-order valence-electron chi connectivity index (χ0n) is 18.4. The van der Waals surface area contributed by atoms with Crippen molar-refractivity contribution in [3.8, 4) is 5.75 Å². The molecule has 2 amide bonds. The molecule has 2 aromatic carbocycles. The zero-order chi connectivity index (χ0) is 21.8. The van der Waals surface area contributed by atoms with Gasteiger partial charge in [-0.15, -0.1) is 0 Å². The molecule has 1 atom stereocenters. The summed E-state index contributed by atoms with van der Waals surface area (Å²) in [6.07, 6.45) is 3.19. The lowest BCUT2D eigenvalue weighted by molar-refractivity contribution is -0.142. The molecule has 162 valence electrons. The van der Waals surface area contributed by atoms with Crippen LogP contribution in [-0.2, 0) is 16.0 Å². The Labute approximate surface area is 180 Å². The van der Waals surface area contributed by atoms with Gasteiger partial charge < -0.3 is 15.0 Å². The van der Waals surface area contributed by atoms with Crippen LogP contribution in [0.3, 0.4) is 0 Å². The first kappa shape index (κ1) is 23.5. The summed E-state index contributed by atoms with van der Waals surface area (Å²) in [5.74, 6) is 0.379. The Hall–Kier alpha value is -2.82. The number of nitrogens with one attached hydrogen (secondary N) is 1. The minimum Gasteiger partial charge on any atom is -0.484 e. The monoisotopic (exact) mass is 410 g/mol. The predicted octanol–water partition coefficient (Wildman–Crippen LogP) is 4.14. The average Bonchev–Trinajstić information content (AvgIpc) is 2.76. The van der Waals surface area contributed by atoms with E-state index >= 15 is 0 Å². The van der Waals surface area contributed by atoms with Gasteiger partial charge in [-0.2, -0.15) is 0 Å². The maximum Gasteiger partial charge on any atom is 0.261 e. The van der Waals surface area contributed by atoms with Crippen LogP contribution in [0.25, 0.3) is 0 Å². The molecule has 5 nitrogen and oxygen atoms in total. The van der Waals surface area contributed by atoms with Crippen LogP contribution < -0.4 is 10.1 Å². The highest BCUT2D eigenvalue weighted by molar-refractivity contribution is 5.88. The van der Waals surface area contributed by atoms with E-state index in [4.69, 9.17) is 4.74 Å². The van der Waals surface area contributed by atoms with Crippen molar-refractivity contribution in [2.75, 3.05) is 19.7 Å². The van der Waals surface area contributed by atoms with Crippen LogP contribution >= 0.6 is 0 Å². The molecule has 2 aromatic rings. The first-order valence-corrected chi connectivity index (χ1v) is 10.9. The van der Waals surface area contributed by atoms with Crippen molar-refractivity contribution in [1.29, 1.82) is 0 Å². The third-order valence-electron chi connectivity index (χ3n) is 5.08. The van der Waals surface area contributed by atoms with Crippen molar-refractivity contribution >= 4 is 11.8 Å². The number of rotatable bonds is 12. The molecular weight excluding hydrogens is 376 g/mol. The van der Waals surface area contributed by atoms with Gasteiger partial charge in [0, 0.05) is 13.1 Å². The van der Waals surface area contributed by atoms with E-state index in [1.807, 2.05) is 68.4 Å². The Bertz CT molecular complexity index is 775. The predicted molar refractivity (Wildman–Crippen MR) is 121 cm³/mol. The lowest BCUT2D eigenvalue weighted by Crippen LogP contribution is -2.51. The number of nitrogens with zero attached hydrogens (tertiary/aromatic N) is 1. The SMILES string of the molecule is CCCCNC(=O)[C@@H](CC)N(CCc1ccccc1)C(=O)COc1ccc(C)cc1. The summed E-state index contributed by atoms with van der Waals surface area (Å²) in [6, 6.07) is 17.1. The molecule has 0 unspecified atom stereocenters. The van der Waals surface area contributed by atoms with Gasteiger partial charge in [-0.3, -0.25) is 9.59 Å². The number of ether oxygens (including phenoxy) is 1. The Morgan fingerprint density at radius 3 is 2.37 bits per heavy atom. The van der Waals surface area contributed by atoms with E-state index in [-0.39, 0.29) is 18.4 Å². The van der Waals surface area contributed by atoms with Crippen LogP contribution in [0, 0.1) is 6.92 Å². The minimum atomic E-state index is -0.500. The number of benzene rings is 2. The Balaban J connectivity index is 2.08. The molecule has 0 aromatic heterocycles. The molecule has 0 aliphatic rings. The number of carbonyl (C=O) groups is 2. The molecular formula is C25H34N2O3. The molecule has 0 radical (unpaired) electrons. The lowest BCUT2D eigenvalue weighted by Gasteiger charge is -2.30. The molecule has 0 heterocycles. The molecule has 2 rings (SSSR count). The highest BCUT2D eigenvalue weighted by Gasteiger charge is 2.28. The highest BCUT2D eigenvalue weighted by atomic mass is 16.5. The smallest absolute Gasteiger partial charge is 0.261 e. The number of carbonyl (C=O) groups excluding carboxylic acids is 2. The summed E-state index contributed by atoms with van der Waals surface area (Å²) in [5, 5.41) is 2.97. The van der Waals surface area contributed by atoms with Gasteiger partial charge in [0.25, 0.3) is 5.91 Å². The second-order valence-electron chi connectivity index (χ2n) is 7.49. The number of hydrogen-bond acceptors (Lipinski definition) is 3. The third-order valence-corrected chi connectivity index (χ3v) is 5.08. The maximum atomic E-state index is 13.1. The van der Waals surface area contributed by atoms with E-state index in [0.717, 1.165) is 24.0 Å². The van der Waals surface area contributed by atoms with Crippen LogP contribution in [0.5, 0.6) is 5.75 Å². The molecule has 30 heavy (non-hydrogen) atoms. The van der Waals surface area contributed by atoms with Crippen molar-refractivity contribution in [2.24, 2.45) is 0 Å². The summed E-state index contributed by atoms with van der Waals surface area (Å²) in [4.78, 5) is 27.5.